The summed E-state index contributed by atoms with van der Waals surface area (Å²) in [6.45, 7) is 2.74. The van der Waals surface area contributed by atoms with Gasteiger partial charge in [0.25, 0.3) is 0 Å². The van der Waals surface area contributed by atoms with Crippen molar-refractivity contribution < 1.29 is 4.42 Å². The fraction of sp³-hybridized carbons (Fsp3) is 0.304. The molecule has 0 aliphatic heterocycles. The Morgan fingerprint density at radius 2 is 1.97 bits per heavy atom. The summed E-state index contributed by atoms with van der Waals surface area (Å²) >= 11 is 5.33. The third-order valence-corrected chi connectivity index (χ3v) is 7.25. The highest BCUT2D eigenvalue weighted by Gasteiger charge is 2.20. The Morgan fingerprint density at radius 3 is 2.79 bits per heavy atom. The molecule has 3 heterocycles. The highest BCUT2D eigenvalue weighted by atomic mass is 79.9. The van der Waals surface area contributed by atoms with Crippen LogP contribution in [0.1, 0.15) is 41.7 Å². The number of thiophene rings is 1. The van der Waals surface area contributed by atoms with E-state index in [0.717, 1.165) is 45.0 Å². The molecule has 0 radical (unpaired) electrons. The fourth-order valence-electron chi connectivity index (χ4n) is 4.10. The van der Waals surface area contributed by atoms with E-state index in [1.165, 1.54) is 40.7 Å². The van der Waals surface area contributed by atoms with Crippen LogP contribution >= 0.6 is 27.3 Å². The highest BCUT2D eigenvalue weighted by Crippen LogP contribution is 2.38. The number of aromatic nitrogens is 2. The third-order valence-electron chi connectivity index (χ3n) is 5.52. The number of halogens is 1. The van der Waals surface area contributed by atoms with Gasteiger partial charge < -0.3 is 9.73 Å². The molecule has 0 saturated heterocycles. The first-order chi connectivity index (χ1) is 14.2. The maximum absolute atomic E-state index is 6.16. The molecule has 1 N–H and O–H groups in total. The summed E-state index contributed by atoms with van der Waals surface area (Å²) in [6.07, 6.45) is 7.36. The minimum absolute atomic E-state index is 0.611. The van der Waals surface area contributed by atoms with Gasteiger partial charge in [-0.2, -0.15) is 0 Å². The number of hydrogen-bond donors (Lipinski definition) is 1. The molecular weight excluding hydrogens is 446 g/mol. The van der Waals surface area contributed by atoms with Crippen LogP contribution in [0, 0.1) is 0 Å². The van der Waals surface area contributed by atoms with Gasteiger partial charge in [0.2, 0.25) is 0 Å². The van der Waals surface area contributed by atoms with Crippen LogP contribution < -0.4 is 5.32 Å². The number of fused-ring (bicyclic) bond motifs is 3. The van der Waals surface area contributed by atoms with Crippen molar-refractivity contribution in [3.05, 3.63) is 63.1 Å². The van der Waals surface area contributed by atoms with Gasteiger partial charge in [-0.1, -0.05) is 35.0 Å². The average molecular weight is 468 g/mol. The number of aryl methyl sites for hydroxylation is 3. The monoisotopic (exact) mass is 467 g/mol. The number of nitrogens with zero attached hydrogens (tertiary/aromatic N) is 2. The van der Waals surface area contributed by atoms with Gasteiger partial charge in [-0.05, 0) is 55.0 Å². The largest absolute Gasteiger partial charge is 0.464 e. The van der Waals surface area contributed by atoms with Crippen LogP contribution in [0.3, 0.4) is 0 Å². The van der Waals surface area contributed by atoms with Gasteiger partial charge in [-0.3, -0.25) is 0 Å². The Labute approximate surface area is 182 Å². The molecule has 4 nitrogen and oxygen atoms in total. The summed E-state index contributed by atoms with van der Waals surface area (Å²) in [6, 6.07) is 10.5. The van der Waals surface area contributed by atoms with Crippen molar-refractivity contribution in [2.75, 3.05) is 5.32 Å². The van der Waals surface area contributed by atoms with E-state index in [2.05, 4.69) is 68.5 Å². The lowest BCUT2D eigenvalue weighted by Gasteiger charge is -2.12. The smallest absolute Gasteiger partial charge is 0.138 e. The van der Waals surface area contributed by atoms with Crippen LogP contribution in [-0.4, -0.2) is 9.97 Å². The first-order valence-corrected chi connectivity index (χ1v) is 11.7. The summed E-state index contributed by atoms with van der Waals surface area (Å²) < 4.78 is 7.24. The van der Waals surface area contributed by atoms with Crippen LogP contribution in [-0.2, 0) is 25.8 Å². The Kier molecular flexibility index (Phi) is 5.14. The number of furan rings is 1. The molecule has 1 aromatic carbocycles. The molecule has 0 amide bonds. The van der Waals surface area contributed by atoms with Gasteiger partial charge >= 0.3 is 0 Å². The van der Waals surface area contributed by atoms with E-state index in [0.29, 0.717) is 6.54 Å². The molecule has 0 spiro atoms. The quantitative estimate of drug-likeness (QED) is 0.351. The molecule has 148 valence electrons. The predicted octanol–water partition coefficient (Wildman–Crippen LogP) is 6.77. The number of benzene rings is 1. The highest BCUT2D eigenvalue weighted by molar-refractivity contribution is 9.10. The van der Waals surface area contributed by atoms with Crippen molar-refractivity contribution in [3.63, 3.8) is 0 Å². The van der Waals surface area contributed by atoms with Crippen molar-refractivity contribution >= 4 is 43.3 Å². The topological polar surface area (TPSA) is 51.0 Å². The molecular formula is C23H22BrN3OS. The molecule has 0 bridgehead atoms. The normalized spacial score (nSPS) is 13.6. The SMILES string of the molecule is CCc1oc(CNc2ncnc3sc4c(c23)CCCC4)cc1-c1ccc(Br)cc1. The lowest BCUT2D eigenvalue weighted by atomic mass is 9.97. The molecule has 0 saturated carbocycles. The second-order valence-electron chi connectivity index (χ2n) is 7.38. The van der Waals surface area contributed by atoms with E-state index in [4.69, 9.17) is 4.42 Å². The third kappa shape index (κ3) is 3.60. The number of rotatable bonds is 5. The van der Waals surface area contributed by atoms with E-state index in [9.17, 15) is 0 Å². The first kappa shape index (κ1) is 18.8. The molecule has 0 unspecified atom stereocenters. The zero-order chi connectivity index (χ0) is 19.8. The zero-order valence-corrected chi connectivity index (χ0v) is 18.7. The Balaban J connectivity index is 1.43. The number of anilines is 1. The maximum Gasteiger partial charge on any atom is 0.138 e. The van der Waals surface area contributed by atoms with Crippen molar-refractivity contribution in [2.24, 2.45) is 0 Å². The lowest BCUT2D eigenvalue weighted by molar-refractivity contribution is 0.476. The summed E-state index contributed by atoms with van der Waals surface area (Å²) in [5, 5.41) is 4.73. The molecule has 4 aromatic rings. The predicted molar refractivity (Wildman–Crippen MR) is 123 cm³/mol. The van der Waals surface area contributed by atoms with Gasteiger partial charge in [0, 0.05) is 21.3 Å². The summed E-state index contributed by atoms with van der Waals surface area (Å²) in [7, 11) is 0. The van der Waals surface area contributed by atoms with Gasteiger partial charge in [-0.15, -0.1) is 11.3 Å². The first-order valence-electron chi connectivity index (χ1n) is 10.1. The molecule has 29 heavy (non-hydrogen) atoms. The molecule has 6 heteroatoms. The van der Waals surface area contributed by atoms with Crippen molar-refractivity contribution in [1.29, 1.82) is 0 Å². The fourth-order valence-corrected chi connectivity index (χ4v) is 5.60. The minimum Gasteiger partial charge on any atom is -0.464 e. The van der Waals surface area contributed by atoms with Gasteiger partial charge in [0.15, 0.2) is 0 Å². The van der Waals surface area contributed by atoms with Crippen molar-refractivity contribution in [1.82, 2.24) is 9.97 Å². The van der Waals surface area contributed by atoms with Gasteiger partial charge in [-0.25, -0.2) is 9.97 Å². The van der Waals surface area contributed by atoms with E-state index in [-0.39, 0.29) is 0 Å². The minimum atomic E-state index is 0.611. The summed E-state index contributed by atoms with van der Waals surface area (Å²) in [5.74, 6) is 2.87. The second-order valence-corrected chi connectivity index (χ2v) is 9.38. The average Bonchev–Trinajstić information content (AvgIpc) is 3.34. The van der Waals surface area contributed by atoms with Crippen LogP contribution in [0.2, 0.25) is 0 Å². The summed E-state index contributed by atoms with van der Waals surface area (Å²) in [4.78, 5) is 11.7. The van der Waals surface area contributed by atoms with E-state index in [1.54, 1.807) is 6.33 Å². The Morgan fingerprint density at radius 1 is 1.14 bits per heavy atom. The standard InChI is InChI=1S/C23H22BrN3OS/c1-2-19-18(14-7-9-15(24)10-8-14)11-16(28-19)12-25-22-21-17-5-3-4-6-20(17)29-23(21)27-13-26-22/h7-11,13H,2-6,12H2,1H3,(H,25,26,27). The Hall–Kier alpha value is -2.18. The van der Waals surface area contributed by atoms with E-state index in [1.807, 2.05) is 11.3 Å². The van der Waals surface area contributed by atoms with Crippen molar-refractivity contribution in [3.8, 4) is 11.1 Å². The van der Waals surface area contributed by atoms with Crippen LogP contribution in [0.4, 0.5) is 5.82 Å². The second kappa shape index (κ2) is 7.92. The molecule has 3 aromatic heterocycles. The lowest BCUT2D eigenvalue weighted by Crippen LogP contribution is -2.04. The number of hydrogen-bond acceptors (Lipinski definition) is 5. The summed E-state index contributed by atoms with van der Waals surface area (Å²) in [5.41, 5.74) is 3.79. The van der Waals surface area contributed by atoms with Crippen LogP contribution in [0.25, 0.3) is 21.3 Å². The molecule has 0 atom stereocenters. The van der Waals surface area contributed by atoms with E-state index < -0.39 is 0 Å². The molecule has 1 aliphatic rings. The van der Waals surface area contributed by atoms with Gasteiger partial charge in [0.05, 0.1) is 11.9 Å². The maximum atomic E-state index is 6.16. The number of nitrogens with one attached hydrogen (secondary N) is 1. The van der Waals surface area contributed by atoms with Crippen molar-refractivity contribution in [2.45, 2.75) is 45.6 Å². The zero-order valence-electron chi connectivity index (χ0n) is 16.3. The molecule has 0 fully saturated rings. The van der Waals surface area contributed by atoms with E-state index >= 15 is 0 Å². The molecule has 1 aliphatic carbocycles. The molecule has 5 rings (SSSR count). The van der Waals surface area contributed by atoms with Crippen LogP contribution in [0.5, 0.6) is 0 Å². The van der Waals surface area contributed by atoms with Gasteiger partial charge in [0.1, 0.15) is 28.5 Å². The Bertz CT molecular complexity index is 1160. The van der Waals surface area contributed by atoms with Crippen LogP contribution in [0.15, 0.2) is 45.5 Å².